The Morgan fingerprint density at radius 2 is 1.92 bits per heavy atom. The molecule has 2 nitrogen and oxygen atoms in total. The molecule has 0 aromatic carbocycles. The molecule has 0 rings (SSSR count). The molecule has 0 aliphatic heterocycles. The fourth-order valence-corrected chi connectivity index (χ4v) is 1.01. The Bertz CT molecular complexity index is 148. The largest absolute Gasteiger partial charge is 0.393 e. The average Bonchev–Trinajstić information content (AvgIpc) is 2.02. The molecule has 2 N–H and O–H groups in total. The van der Waals surface area contributed by atoms with Crippen molar-refractivity contribution in [2.45, 2.75) is 46.1 Å². The van der Waals surface area contributed by atoms with Crippen molar-refractivity contribution in [3.8, 4) is 0 Å². The van der Waals surface area contributed by atoms with Crippen molar-refractivity contribution in [1.29, 1.82) is 0 Å². The predicted molar refractivity (Wildman–Crippen MR) is 60.9 cm³/mol. The second-order valence-corrected chi connectivity index (χ2v) is 4.27. The second-order valence-electron chi connectivity index (χ2n) is 3.74. The lowest BCUT2D eigenvalue weighted by Crippen LogP contribution is -2.16. The quantitative estimate of drug-likeness (QED) is 0.510. The number of thiocarbonyl (C=S) groups is 1. The molecule has 0 aliphatic carbocycles. The third-order valence-corrected chi connectivity index (χ3v) is 2.34. The zero-order chi connectivity index (χ0) is 10.3. The summed E-state index contributed by atoms with van der Waals surface area (Å²) in [5.41, 5.74) is 5.37. The first kappa shape index (κ1) is 12.8. The molecular weight excluding hydrogens is 182 g/mol. The second kappa shape index (κ2) is 7.27. The maximum Gasteiger partial charge on any atom is 0.0727 e. The van der Waals surface area contributed by atoms with E-state index in [2.05, 4.69) is 20.8 Å². The molecule has 0 aromatic rings. The lowest BCUT2D eigenvalue weighted by molar-refractivity contribution is 0.0336. The fourth-order valence-electron chi connectivity index (χ4n) is 0.863. The third kappa shape index (κ3) is 8.19. The van der Waals surface area contributed by atoms with E-state index in [0.717, 1.165) is 25.9 Å². The summed E-state index contributed by atoms with van der Waals surface area (Å²) >= 11 is 4.78. The van der Waals surface area contributed by atoms with Crippen LogP contribution in [0.25, 0.3) is 0 Å². The van der Waals surface area contributed by atoms with Crippen LogP contribution in [0.4, 0.5) is 0 Å². The van der Waals surface area contributed by atoms with E-state index in [9.17, 15) is 0 Å². The molecule has 0 fully saturated rings. The van der Waals surface area contributed by atoms with Gasteiger partial charge in [-0.3, -0.25) is 0 Å². The van der Waals surface area contributed by atoms with E-state index in [1.807, 2.05) is 0 Å². The summed E-state index contributed by atoms with van der Waals surface area (Å²) in [6, 6.07) is 0. The SMILES string of the molecule is CC(C)C(C)OCCCCC(N)=S. The van der Waals surface area contributed by atoms with Crippen LogP contribution < -0.4 is 5.73 Å². The van der Waals surface area contributed by atoms with Gasteiger partial charge >= 0.3 is 0 Å². The van der Waals surface area contributed by atoms with E-state index in [1.54, 1.807) is 0 Å². The van der Waals surface area contributed by atoms with E-state index < -0.39 is 0 Å². The number of hydrogen-bond donors (Lipinski definition) is 1. The number of hydrogen-bond acceptors (Lipinski definition) is 2. The van der Waals surface area contributed by atoms with E-state index in [-0.39, 0.29) is 0 Å². The van der Waals surface area contributed by atoms with Crippen molar-refractivity contribution < 1.29 is 4.74 Å². The van der Waals surface area contributed by atoms with Gasteiger partial charge in [-0.1, -0.05) is 26.1 Å². The lowest BCUT2D eigenvalue weighted by Gasteiger charge is -2.16. The van der Waals surface area contributed by atoms with Gasteiger partial charge in [0.05, 0.1) is 11.1 Å². The summed E-state index contributed by atoms with van der Waals surface area (Å²) in [5.74, 6) is 0.593. The van der Waals surface area contributed by atoms with Crippen LogP contribution in [-0.4, -0.2) is 17.7 Å². The highest BCUT2D eigenvalue weighted by Crippen LogP contribution is 2.06. The minimum absolute atomic E-state index is 0.352. The van der Waals surface area contributed by atoms with Gasteiger partial charge < -0.3 is 10.5 Å². The van der Waals surface area contributed by atoms with Crippen LogP contribution in [0.2, 0.25) is 0 Å². The van der Waals surface area contributed by atoms with Crippen molar-refractivity contribution in [2.24, 2.45) is 11.7 Å². The van der Waals surface area contributed by atoms with Crippen molar-refractivity contribution in [1.82, 2.24) is 0 Å². The molecule has 0 spiro atoms. The molecule has 1 unspecified atom stereocenters. The van der Waals surface area contributed by atoms with Gasteiger partial charge in [-0.25, -0.2) is 0 Å². The Balaban J connectivity index is 3.21. The third-order valence-electron chi connectivity index (χ3n) is 2.14. The maximum atomic E-state index is 5.60. The summed E-state index contributed by atoms with van der Waals surface area (Å²) < 4.78 is 5.60. The monoisotopic (exact) mass is 203 g/mol. The van der Waals surface area contributed by atoms with Gasteiger partial charge in [-0.05, 0) is 32.1 Å². The van der Waals surface area contributed by atoms with Crippen LogP contribution in [-0.2, 0) is 4.74 Å². The van der Waals surface area contributed by atoms with Gasteiger partial charge in [0.2, 0.25) is 0 Å². The number of ether oxygens (including phenoxy) is 1. The topological polar surface area (TPSA) is 35.2 Å². The lowest BCUT2D eigenvalue weighted by atomic mass is 10.1. The Hall–Kier alpha value is -0.150. The molecule has 0 aliphatic rings. The summed E-state index contributed by atoms with van der Waals surface area (Å²) in [6.45, 7) is 7.26. The normalized spacial score (nSPS) is 13.2. The zero-order valence-electron chi connectivity index (χ0n) is 8.88. The van der Waals surface area contributed by atoms with Gasteiger partial charge in [0.25, 0.3) is 0 Å². The predicted octanol–water partition coefficient (Wildman–Crippen LogP) is 2.50. The molecule has 0 amide bonds. The molecule has 0 bridgehead atoms. The minimum atomic E-state index is 0.352. The summed E-state index contributed by atoms with van der Waals surface area (Å²) in [7, 11) is 0. The van der Waals surface area contributed by atoms with Gasteiger partial charge in [0, 0.05) is 6.61 Å². The van der Waals surface area contributed by atoms with Crippen molar-refractivity contribution in [3.05, 3.63) is 0 Å². The van der Waals surface area contributed by atoms with Gasteiger partial charge in [0.1, 0.15) is 0 Å². The van der Waals surface area contributed by atoms with Gasteiger partial charge in [0.15, 0.2) is 0 Å². The average molecular weight is 203 g/mol. The molecular formula is C10H21NOS. The fraction of sp³-hybridized carbons (Fsp3) is 0.900. The Labute approximate surface area is 86.8 Å². The van der Waals surface area contributed by atoms with E-state index in [1.165, 1.54) is 0 Å². The zero-order valence-corrected chi connectivity index (χ0v) is 9.69. The minimum Gasteiger partial charge on any atom is -0.393 e. The summed E-state index contributed by atoms with van der Waals surface area (Å²) in [5, 5.41) is 0. The van der Waals surface area contributed by atoms with Crippen LogP contribution in [0.1, 0.15) is 40.0 Å². The molecule has 0 aromatic heterocycles. The first-order chi connectivity index (χ1) is 6.04. The molecule has 13 heavy (non-hydrogen) atoms. The molecule has 0 heterocycles. The molecule has 78 valence electrons. The van der Waals surface area contributed by atoms with Crippen LogP contribution in [0.15, 0.2) is 0 Å². The van der Waals surface area contributed by atoms with Gasteiger partial charge in [-0.2, -0.15) is 0 Å². The molecule has 3 heteroatoms. The van der Waals surface area contributed by atoms with E-state index >= 15 is 0 Å². The van der Waals surface area contributed by atoms with Crippen LogP contribution >= 0.6 is 12.2 Å². The molecule has 0 saturated carbocycles. The standard InChI is InChI=1S/C10H21NOS/c1-8(2)9(3)12-7-5-4-6-10(11)13/h8-9H,4-7H2,1-3H3,(H2,11,13). The van der Waals surface area contributed by atoms with Crippen LogP contribution in [0.5, 0.6) is 0 Å². The van der Waals surface area contributed by atoms with Crippen LogP contribution in [0, 0.1) is 5.92 Å². The molecule has 0 radical (unpaired) electrons. The number of nitrogens with two attached hydrogens (primary N) is 1. The first-order valence-electron chi connectivity index (χ1n) is 4.94. The van der Waals surface area contributed by atoms with Gasteiger partial charge in [-0.15, -0.1) is 0 Å². The first-order valence-corrected chi connectivity index (χ1v) is 5.34. The van der Waals surface area contributed by atoms with E-state index in [4.69, 9.17) is 22.7 Å². The van der Waals surface area contributed by atoms with E-state index in [0.29, 0.717) is 17.0 Å². The summed E-state index contributed by atoms with van der Waals surface area (Å²) in [6.07, 6.45) is 3.29. The van der Waals surface area contributed by atoms with Crippen molar-refractivity contribution in [3.63, 3.8) is 0 Å². The number of rotatable bonds is 7. The highest BCUT2D eigenvalue weighted by atomic mass is 32.1. The Morgan fingerprint density at radius 1 is 1.31 bits per heavy atom. The smallest absolute Gasteiger partial charge is 0.0727 e. The van der Waals surface area contributed by atoms with Crippen LogP contribution in [0.3, 0.4) is 0 Å². The van der Waals surface area contributed by atoms with Crippen molar-refractivity contribution >= 4 is 17.2 Å². The highest BCUT2D eigenvalue weighted by molar-refractivity contribution is 7.80. The molecule has 0 saturated heterocycles. The Morgan fingerprint density at radius 3 is 2.38 bits per heavy atom. The maximum absolute atomic E-state index is 5.60. The Kier molecular flexibility index (Phi) is 7.19. The highest BCUT2D eigenvalue weighted by Gasteiger charge is 2.05. The summed E-state index contributed by atoms with van der Waals surface area (Å²) in [4.78, 5) is 0.608. The van der Waals surface area contributed by atoms with Crippen molar-refractivity contribution in [2.75, 3.05) is 6.61 Å². The number of unbranched alkanes of at least 4 members (excludes halogenated alkanes) is 1. The molecule has 1 atom stereocenters.